The molecule has 2 aromatic carbocycles. The van der Waals surface area contributed by atoms with Gasteiger partial charge in [-0.2, -0.15) is 0 Å². The van der Waals surface area contributed by atoms with Crippen molar-refractivity contribution in [3.63, 3.8) is 0 Å². The lowest BCUT2D eigenvalue weighted by atomic mass is 10.2. The second-order valence-electron chi connectivity index (χ2n) is 6.83. The first-order valence-corrected chi connectivity index (χ1v) is 10.9. The maximum Gasteiger partial charge on any atom is 0.262 e. The van der Waals surface area contributed by atoms with Crippen LogP contribution >= 0.6 is 0 Å². The third-order valence-electron chi connectivity index (χ3n) is 4.66. The number of anilines is 2. The number of benzene rings is 2. The smallest absolute Gasteiger partial charge is 0.262 e. The van der Waals surface area contributed by atoms with Crippen LogP contribution in [0, 0.1) is 0 Å². The highest BCUT2D eigenvalue weighted by molar-refractivity contribution is 7.92. The van der Waals surface area contributed by atoms with E-state index in [0.717, 1.165) is 12.8 Å². The number of carbonyl (C=O) groups is 1. The van der Waals surface area contributed by atoms with Gasteiger partial charge in [-0.1, -0.05) is 0 Å². The molecule has 2 aliphatic heterocycles. The lowest BCUT2D eigenvalue weighted by molar-refractivity contribution is -0.124. The Labute approximate surface area is 169 Å². The van der Waals surface area contributed by atoms with E-state index >= 15 is 0 Å². The van der Waals surface area contributed by atoms with E-state index < -0.39 is 16.1 Å². The van der Waals surface area contributed by atoms with Gasteiger partial charge in [0, 0.05) is 30.5 Å². The topological polar surface area (TPSA) is 103 Å². The first kappa shape index (κ1) is 19.5. The van der Waals surface area contributed by atoms with E-state index in [-0.39, 0.29) is 10.8 Å². The third kappa shape index (κ3) is 4.63. The van der Waals surface area contributed by atoms with Gasteiger partial charge in [0.15, 0.2) is 11.5 Å². The van der Waals surface area contributed by atoms with Crippen LogP contribution in [-0.4, -0.2) is 40.2 Å². The Bertz CT molecular complexity index is 985. The summed E-state index contributed by atoms with van der Waals surface area (Å²) in [5.74, 6) is 0.758. The molecule has 1 atom stereocenters. The van der Waals surface area contributed by atoms with Gasteiger partial charge in [-0.05, 0) is 49.2 Å². The Morgan fingerprint density at radius 3 is 2.34 bits per heavy atom. The Hall–Kier alpha value is -2.78. The van der Waals surface area contributed by atoms with Crippen LogP contribution < -0.4 is 19.5 Å². The summed E-state index contributed by atoms with van der Waals surface area (Å²) < 4.78 is 44.4. The number of nitrogens with one attached hydrogen (secondary N) is 2. The minimum absolute atomic E-state index is 0.0810. The van der Waals surface area contributed by atoms with E-state index in [1.54, 1.807) is 30.3 Å². The second-order valence-corrected chi connectivity index (χ2v) is 8.52. The van der Waals surface area contributed by atoms with Crippen molar-refractivity contribution in [3.05, 3.63) is 42.5 Å². The lowest BCUT2D eigenvalue weighted by Crippen LogP contribution is -2.26. The zero-order valence-corrected chi connectivity index (χ0v) is 16.5. The molecular formula is C20H22N2O6S. The maximum absolute atomic E-state index is 12.7. The van der Waals surface area contributed by atoms with Gasteiger partial charge < -0.3 is 19.5 Å². The fourth-order valence-corrected chi connectivity index (χ4v) is 4.23. The zero-order valence-electron chi connectivity index (χ0n) is 15.7. The minimum atomic E-state index is -3.80. The second kappa shape index (κ2) is 8.30. The summed E-state index contributed by atoms with van der Waals surface area (Å²) >= 11 is 0. The lowest BCUT2D eigenvalue weighted by Gasteiger charge is -2.13. The molecule has 0 spiro atoms. The quantitative estimate of drug-likeness (QED) is 0.774. The molecule has 2 aromatic rings. The Kier molecular flexibility index (Phi) is 5.59. The van der Waals surface area contributed by atoms with E-state index in [0.29, 0.717) is 49.1 Å². The number of fused-ring (bicyclic) bond motifs is 1. The van der Waals surface area contributed by atoms with Crippen molar-refractivity contribution >= 4 is 27.3 Å². The first-order chi connectivity index (χ1) is 14.0. The van der Waals surface area contributed by atoms with Gasteiger partial charge in [0.25, 0.3) is 15.9 Å². The van der Waals surface area contributed by atoms with Crippen LogP contribution in [0.3, 0.4) is 0 Å². The molecule has 0 radical (unpaired) electrons. The van der Waals surface area contributed by atoms with Crippen molar-refractivity contribution in [3.8, 4) is 11.5 Å². The van der Waals surface area contributed by atoms with Crippen LogP contribution in [0.4, 0.5) is 11.4 Å². The zero-order chi connectivity index (χ0) is 20.3. The van der Waals surface area contributed by atoms with Gasteiger partial charge in [-0.25, -0.2) is 8.42 Å². The average Bonchev–Trinajstić information content (AvgIpc) is 3.15. The van der Waals surface area contributed by atoms with E-state index in [9.17, 15) is 13.2 Å². The fraction of sp³-hybridized carbons (Fsp3) is 0.350. The van der Waals surface area contributed by atoms with Crippen LogP contribution in [0.25, 0.3) is 0 Å². The predicted octanol–water partition coefficient (Wildman–Crippen LogP) is 2.77. The molecule has 4 rings (SSSR count). The number of carbonyl (C=O) groups excluding carboxylic acids is 1. The van der Waals surface area contributed by atoms with Crippen LogP contribution in [0.15, 0.2) is 47.4 Å². The minimum Gasteiger partial charge on any atom is -0.490 e. The highest BCUT2D eigenvalue weighted by Gasteiger charge is 2.23. The number of rotatable bonds is 5. The number of hydrogen-bond acceptors (Lipinski definition) is 6. The molecule has 2 aliphatic rings. The summed E-state index contributed by atoms with van der Waals surface area (Å²) in [5, 5.41) is 2.77. The molecule has 8 nitrogen and oxygen atoms in total. The molecule has 9 heteroatoms. The molecule has 1 unspecified atom stereocenters. The number of ether oxygens (including phenoxy) is 3. The van der Waals surface area contributed by atoms with Crippen molar-refractivity contribution in [2.24, 2.45) is 0 Å². The van der Waals surface area contributed by atoms with Gasteiger partial charge in [0.2, 0.25) is 0 Å². The largest absolute Gasteiger partial charge is 0.490 e. The van der Waals surface area contributed by atoms with Crippen molar-refractivity contribution in [2.45, 2.75) is 30.3 Å². The summed E-state index contributed by atoms with van der Waals surface area (Å²) in [6.07, 6.45) is 1.90. The van der Waals surface area contributed by atoms with Gasteiger partial charge in [0.1, 0.15) is 6.10 Å². The molecule has 1 amide bonds. The number of amides is 1. The van der Waals surface area contributed by atoms with Gasteiger partial charge in [-0.3, -0.25) is 9.52 Å². The van der Waals surface area contributed by atoms with Crippen molar-refractivity contribution < 1.29 is 27.4 Å². The Morgan fingerprint density at radius 2 is 1.62 bits per heavy atom. The normalized spacial score (nSPS) is 18.7. The van der Waals surface area contributed by atoms with E-state index in [1.807, 2.05) is 0 Å². The summed E-state index contributed by atoms with van der Waals surface area (Å²) in [6, 6.07) is 11.0. The van der Waals surface area contributed by atoms with Crippen LogP contribution in [0.5, 0.6) is 11.5 Å². The Balaban J connectivity index is 1.44. The highest BCUT2D eigenvalue weighted by atomic mass is 32.2. The molecule has 2 heterocycles. The van der Waals surface area contributed by atoms with Gasteiger partial charge >= 0.3 is 0 Å². The standard InChI is InChI=1S/C20H22N2O6S/c23-20(18-3-1-10-27-18)21-14-4-6-15(7-5-14)22-29(24,25)16-8-9-17-19(13-16)28-12-2-11-26-17/h4-9,13,18,22H,1-3,10-12H2,(H,21,23). The molecule has 0 aliphatic carbocycles. The molecule has 154 valence electrons. The summed E-state index contributed by atoms with van der Waals surface area (Å²) in [5.41, 5.74) is 0.955. The molecule has 1 fully saturated rings. The third-order valence-corrected chi connectivity index (χ3v) is 6.04. The summed E-state index contributed by atoms with van der Waals surface area (Å²) in [6.45, 7) is 1.61. The molecule has 2 N–H and O–H groups in total. The van der Waals surface area contributed by atoms with E-state index in [1.165, 1.54) is 12.1 Å². The predicted molar refractivity (Wildman–Crippen MR) is 107 cm³/mol. The maximum atomic E-state index is 12.7. The molecule has 0 aromatic heterocycles. The molecule has 1 saturated heterocycles. The fourth-order valence-electron chi connectivity index (χ4n) is 3.15. The van der Waals surface area contributed by atoms with Crippen molar-refractivity contribution in [1.29, 1.82) is 0 Å². The molecule has 0 saturated carbocycles. The van der Waals surface area contributed by atoms with Crippen LogP contribution in [0.2, 0.25) is 0 Å². The molecule has 0 bridgehead atoms. The van der Waals surface area contributed by atoms with Crippen molar-refractivity contribution in [2.75, 3.05) is 29.9 Å². The average molecular weight is 418 g/mol. The molecule has 29 heavy (non-hydrogen) atoms. The van der Waals surface area contributed by atoms with Gasteiger partial charge in [0.05, 0.1) is 18.1 Å². The van der Waals surface area contributed by atoms with Gasteiger partial charge in [-0.15, -0.1) is 0 Å². The molecular weight excluding hydrogens is 396 g/mol. The first-order valence-electron chi connectivity index (χ1n) is 9.46. The Morgan fingerprint density at radius 1 is 0.897 bits per heavy atom. The highest BCUT2D eigenvalue weighted by Crippen LogP contribution is 2.32. The van der Waals surface area contributed by atoms with E-state index in [4.69, 9.17) is 14.2 Å². The summed E-state index contributed by atoms with van der Waals surface area (Å²) in [4.78, 5) is 12.2. The van der Waals surface area contributed by atoms with Crippen LogP contribution in [-0.2, 0) is 19.6 Å². The number of hydrogen-bond donors (Lipinski definition) is 2. The number of sulfonamides is 1. The van der Waals surface area contributed by atoms with Crippen LogP contribution in [0.1, 0.15) is 19.3 Å². The van der Waals surface area contributed by atoms with E-state index in [2.05, 4.69) is 10.0 Å². The SMILES string of the molecule is O=C(Nc1ccc(NS(=O)(=O)c2ccc3c(c2)OCCCO3)cc1)C1CCCO1. The van der Waals surface area contributed by atoms with Crippen molar-refractivity contribution in [1.82, 2.24) is 0 Å². The summed E-state index contributed by atoms with van der Waals surface area (Å²) in [7, 11) is -3.80. The monoisotopic (exact) mass is 418 g/mol.